The van der Waals surface area contributed by atoms with Gasteiger partial charge < -0.3 is 18.9 Å². The second-order valence-electron chi connectivity index (χ2n) is 10.9. The van der Waals surface area contributed by atoms with Gasteiger partial charge in [0.25, 0.3) is 0 Å². The van der Waals surface area contributed by atoms with Crippen LogP contribution in [0.2, 0.25) is 0 Å². The molecule has 0 aromatic heterocycles. The molecule has 31 heavy (non-hydrogen) atoms. The zero-order valence-corrected chi connectivity index (χ0v) is 19.7. The summed E-state index contributed by atoms with van der Waals surface area (Å²) in [6, 6.07) is 0. The minimum Gasteiger partial charge on any atom is -0.459 e. The van der Waals surface area contributed by atoms with Crippen LogP contribution in [0.15, 0.2) is 12.5 Å². The largest absolute Gasteiger partial charge is 0.459 e. The molecule has 0 saturated heterocycles. The quantitative estimate of drug-likeness (QED) is 0.370. The molecule has 0 aromatic carbocycles. The van der Waals surface area contributed by atoms with Crippen LogP contribution in [0.4, 0.5) is 0 Å². The van der Waals surface area contributed by atoms with Crippen molar-refractivity contribution in [2.45, 2.75) is 97.7 Å². The van der Waals surface area contributed by atoms with E-state index in [0.717, 1.165) is 25.7 Å². The van der Waals surface area contributed by atoms with Gasteiger partial charge in [0.2, 0.25) is 0 Å². The first-order valence-corrected chi connectivity index (χ1v) is 12.0. The number of hydrogen-bond acceptors (Lipinski definition) is 6. The molecule has 0 N–H and O–H groups in total. The van der Waals surface area contributed by atoms with Crippen LogP contribution in [0.5, 0.6) is 0 Å². The van der Waals surface area contributed by atoms with Gasteiger partial charge in [0.05, 0.1) is 13.2 Å². The Labute approximate surface area is 187 Å². The van der Waals surface area contributed by atoms with Crippen molar-refractivity contribution in [1.82, 2.24) is 0 Å². The number of carbonyl (C=O) groups is 2. The van der Waals surface area contributed by atoms with Gasteiger partial charge in [-0.05, 0) is 37.5 Å². The minimum absolute atomic E-state index is 0.170. The summed E-state index contributed by atoms with van der Waals surface area (Å²) in [5.41, 5.74) is -0.341. The van der Waals surface area contributed by atoms with Crippen molar-refractivity contribution < 1.29 is 28.5 Å². The number of rotatable bonds is 8. The zero-order valence-electron chi connectivity index (χ0n) is 19.7. The molecular weight excluding hydrogens is 396 g/mol. The number of carbonyl (C=O) groups excluding carboxylic acids is 2. The van der Waals surface area contributed by atoms with E-state index in [-0.39, 0.29) is 24.0 Å². The van der Waals surface area contributed by atoms with Crippen molar-refractivity contribution in [1.29, 1.82) is 0 Å². The molecule has 6 heteroatoms. The SMILES string of the molecule is CC(C)(COC(=O)C1(C(=O)OCC(C)(C)C2CCCCC2)OC=CO1)C1CCCCC1. The van der Waals surface area contributed by atoms with Crippen molar-refractivity contribution in [3.05, 3.63) is 12.5 Å². The van der Waals surface area contributed by atoms with E-state index in [2.05, 4.69) is 27.7 Å². The molecular formula is C25H40O6. The van der Waals surface area contributed by atoms with E-state index < -0.39 is 17.7 Å². The Bertz CT molecular complexity index is 597. The predicted molar refractivity (Wildman–Crippen MR) is 117 cm³/mol. The molecule has 2 aliphatic carbocycles. The Morgan fingerprint density at radius 3 is 1.45 bits per heavy atom. The van der Waals surface area contributed by atoms with Gasteiger partial charge in [-0.3, -0.25) is 0 Å². The van der Waals surface area contributed by atoms with E-state index in [1.165, 1.54) is 51.0 Å². The summed E-state index contributed by atoms with van der Waals surface area (Å²) in [7, 11) is 0. The van der Waals surface area contributed by atoms with Gasteiger partial charge in [0.1, 0.15) is 12.5 Å². The van der Waals surface area contributed by atoms with Crippen molar-refractivity contribution >= 4 is 11.9 Å². The fourth-order valence-corrected chi connectivity index (χ4v) is 5.25. The summed E-state index contributed by atoms with van der Waals surface area (Å²) in [5.74, 6) is -2.89. The molecule has 3 rings (SSSR count). The fraction of sp³-hybridized carbons (Fsp3) is 0.840. The first-order chi connectivity index (χ1) is 14.7. The van der Waals surface area contributed by atoms with E-state index in [1.807, 2.05) is 0 Å². The van der Waals surface area contributed by atoms with Crippen LogP contribution in [0.1, 0.15) is 91.9 Å². The third kappa shape index (κ3) is 5.56. The van der Waals surface area contributed by atoms with Crippen LogP contribution in [-0.2, 0) is 28.5 Å². The molecule has 0 bridgehead atoms. The Hall–Kier alpha value is -1.72. The maximum absolute atomic E-state index is 13.0. The molecule has 0 unspecified atom stereocenters. The molecule has 1 heterocycles. The van der Waals surface area contributed by atoms with Crippen LogP contribution in [0.3, 0.4) is 0 Å². The molecule has 3 aliphatic rings. The Morgan fingerprint density at radius 2 is 1.10 bits per heavy atom. The van der Waals surface area contributed by atoms with Crippen molar-refractivity contribution in [2.24, 2.45) is 22.7 Å². The number of hydrogen-bond donors (Lipinski definition) is 0. The standard InChI is InChI=1S/C25H40O6/c1-23(2,19-11-7-5-8-12-19)17-28-21(26)25(30-15-16-31-25)22(27)29-18-24(3,4)20-13-9-6-10-14-20/h15-16,19-20H,5-14,17-18H2,1-4H3. The summed E-state index contributed by atoms with van der Waals surface area (Å²) in [6.07, 6.45) is 14.4. The monoisotopic (exact) mass is 436 g/mol. The summed E-state index contributed by atoms with van der Waals surface area (Å²) in [5, 5.41) is 0. The molecule has 0 atom stereocenters. The fourth-order valence-electron chi connectivity index (χ4n) is 5.25. The van der Waals surface area contributed by atoms with E-state index >= 15 is 0 Å². The maximum Gasteiger partial charge on any atom is 0.452 e. The lowest BCUT2D eigenvalue weighted by Gasteiger charge is -2.37. The van der Waals surface area contributed by atoms with Gasteiger partial charge in [-0.25, -0.2) is 9.59 Å². The van der Waals surface area contributed by atoms with E-state index in [4.69, 9.17) is 18.9 Å². The normalized spacial score (nSPS) is 22.5. The molecule has 0 radical (unpaired) electrons. The van der Waals surface area contributed by atoms with Gasteiger partial charge in [-0.1, -0.05) is 66.2 Å². The average molecular weight is 437 g/mol. The summed E-state index contributed by atoms with van der Waals surface area (Å²) in [6.45, 7) is 8.88. The van der Waals surface area contributed by atoms with Crippen LogP contribution < -0.4 is 0 Å². The smallest absolute Gasteiger partial charge is 0.452 e. The lowest BCUT2D eigenvalue weighted by molar-refractivity contribution is -0.221. The summed E-state index contributed by atoms with van der Waals surface area (Å²) < 4.78 is 21.8. The van der Waals surface area contributed by atoms with Crippen molar-refractivity contribution in [2.75, 3.05) is 13.2 Å². The Morgan fingerprint density at radius 1 is 0.742 bits per heavy atom. The molecule has 0 spiro atoms. The van der Waals surface area contributed by atoms with E-state index in [0.29, 0.717) is 11.8 Å². The van der Waals surface area contributed by atoms with Crippen molar-refractivity contribution in [3.63, 3.8) is 0 Å². The maximum atomic E-state index is 13.0. The highest BCUT2D eigenvalue weighted by molar-refractivity contribution is 6.02. The molecule has 0 amide bonds. The minimum atomic E-state index is -2.19. The first-order valence-electron chi connectivity index (χ1n) is 12.0. The van der Waals surface area contributed by atoms with Gasteiger partial charge >= 0.3 is 17.7 Å². The van der Waals surface area contributed by atoms with Gasteiger partial charge in [0.15, 0.2) is 0 Å². The highest BCUT2D eigenvalue weighted by Gasteiger charge is 2.57. The lowest BCUT2D eigenvalue weighted by Crippen LogP contribution is -2.51. The molecule has 2 saturated carbocycles. The molecule has 1 aliphatic heterocycles. The van der Waals surface area contributed by atoms with Crippen molar-refractivity contribution in [3.8, 4) is 0 Å². The van der Waals surface area contributed by atoms with Gasteiger partial charge in [-0.15, -0.1) is 0 Å². The van der Waals surface area contributed by atoms with E-state index in [9.17, 15) is 9.59 Å². The Kier molecular flexibility index (Phi) is 7.59. The van der Waals surface area contributed by atoms with Crippen LogP contribution >= 0.6 is 0 Å². The number of esters is 2. The third-order valence-electron chi connectivity index (χ3n) is 7.63. The van der Waals surface area contributed by atoms with Crippen LogP contribution in [0.25, 0.3) is 0 Å². The van der Waals surface area contributed by atoms with E-state index in [1.54, 1.807) is 0 Å². The number of ether oxygens (including phenoxy) is 4. The van der Waals surface area contributed by atoms with Gasteiger partial charge in [-0.2, -0.15) is 0 Å². The van der Waals surface area contributed by atoms with Crippen LogP contribution in [-0.4, -0.2) is 30.9 Å². The zero-order chi connectivity index (χ0) is 22.5. The molecule has 0 aromatic rings. The van der Waals surface area contributed by atoms with Crippen LogP contribution in [0, 0.1) is 22.7 Å². The molecule has 6 nitrogen and oxygen atoms in total. The highest BCUT2D eigenvalue weighted by Crippen LogP contribution is 2.40. The average Bonchev–Trinajstić information content (AvgIpc) is 3.28. The topological polar surface area (TPSA) is 71.1 Å². The Balaban J connectivity index is 1.58. The lowest BCUT2D eigenvalue weighted by atomic mass is 9.71. The first kappa shape index (κ1) is 23.9. The highest BCUT2D eigenvalue weighted by atomic mass is 16.8. The third-order valence-corrected chi connectivity index (χ3v) is 7.63. The second-order valence-corrected chi connectivity index (χ2v) is 10.9. The predicted octanol–water partition coefficient (Wildman–Crippen LogP) is 5.50. The molecule has 2 fully saturated rings. The summed E-state index contributed by atoms with van der Waals surface area (Å²) >= 11 is 0. The summed E-state index contributed by atoms with van der Waals surface area (Å²) in [4.78, 5) is 25.9. The molecule has 176 valence electrons. The van der Waals surface area contributed by atoms with Gasteiger partial charge in [0, 0.05) is 10.8 Å². The second kappa shape index (κ2) is 9.83.